The van der Waals surface area contributed by atoms with E-state index in [0.717, 1.165) is 4.31 Å². The molecule has 1 rings (SSSR count). The topological polar surface area (TPSA) is 66.5 Å². The highest BCUT2D eigenvalue weighted by Gasteiger charge is 2.26. The van der Waals surface area contributed by atoms with Crippen molar-refractivity contribution < 1.29 is 13.2 Å². The molecule has 1 heterocycles. The van der Waals surface area contributed by atoms with Gasteiger partial charge in [-0.2, -0.15) is 4.31 Å². The third-order valence-corrected chi connectivity index (χ3v) is 3.74. The van der Waals surface area contributed by atoms with Crippen LogP contribution in [-0.4, -0.2) is 43.5 Å². The van der Waals surface area contributed by atoms with E-state index in [-0.39, 0.29) is 12.5 Å². The van der Waals surface area contributed by atoms with E-state index in [2.05, 4.69) is 5.32 Å². The van der Waals surface area contributed by atoms with E-state index in [1.807, 2.05) is 0 Å². The number of nitrogens with zero attached hydrogens (tertiary/aromatic N) is 1. The zero-order valence-electron chi connectivity index (χ0n) is 6.29. The van der Waals surface area contributed by atoms with Crippen LogP contribution in [0, 0.1) is 0 Å². The normalized spacial score (nSPS) is 20.6. The molecule has 0 atom stereocenters. The van der Waals surface area contributed by atoms with Gasteiger partial charge in [0.1, 0.15) is 5.21 Å². The van der Waals surface area contributed by atoms with E-state index >= 15 is 0 Å². The summed E-state index contributed by atoms with van der Waals surface area (Å²) in [6, 6.07) is 0. The molecule has 1 aliphatic heterocycles. The van der Waals surface area contributed by atoms with Crippen LogP contribution in [-0.2, 0) is 14.8 Å². The van der Waals surface area contributed by atoms with Crippen LogP contribution in [0.25, 0.3) is 0 Å². The number of nitrogens with one attached hydrogen (secondary N) is 1. The number of hydrogen-bond acceptors (Lipinski definition) is 3. The molecule has 1 fully saturated rings. The van der Waals surface area contributed by atoms with Gasteiger partial charge in [-0.25, -0.2) is 8.42 Å². The molecule has 0 radical (unpaired) electrons. The third-order valence-electron chi connectivity index (χ3n) is 1.53. The minimum Gasteiger partial charge on any atom is -0.354 e. The van der Waals surface area contributed by atoms with Crippen molar-refractivity contribution in [2.75, 3.05) is 24.8 Å². The van der Waals surface area contributed by atoms with E-state index in [0.29, 0.717) is 13.1 Å². The molecule has 70 valence electrons. The number of piperazine rings is 1. The van der Waals surface area contributed by atoms with Crippen LogP contribution < -0.4 is 5.32 Å². The summed E-state index contributed by atoms with van der Waals surface area (Å²) < 4.78 is 23.3. The van der Waals surface area contributed by atoms with Gasteiger partial charge >= 0.3 is 0 Å². The standard InChI is InChI=1S/C5H9ClN2O3S/c6-4-12(10,11)8-2-1-7-5(9)3-8/h1-4H2,(H,7,9). The molecule has 0 bridgehead atoms. The maximum Gasteiger partial charge on any atom is 0.235 e. The molecule has 0 aromatic heterocycles. The first-order valence-electron chi connectivity index (χ1n) is 3.37. The van der Waals surface area contributed by atoms with Gasteiger partial charge in [-0.3, -0.25) is 4.79 Å². The van der Waals surface area contributed by atoms with Crippen molar-refractivity contribution in [1.29, 1.82) is 0 Å². The summed E-state index contributed by atoms with van der Waals surface area (Å²) >= 11 is 5.21. The SMILES string of the molecule is O=C1CN(S(=O)(=O)CCl)CCN1. The lowest BCUT2D eigenvalue weighted by Gasteiger charge is -2.24. The Morgan fingerprint density at radius 2 is 2.25 bits per heavy atom. The smallest absolute Gasteiger partial charge is 0.235 e. The van der Waals surface area contributed by atoms with E-state index in [9.17, 15) is 13.2 Å². The molecule has 0 aromatic rings. The number of rotatable bonds is 2. The van der Waals surface area contributed by atoms with Gasteiger partial charge in [0.2, 0.25) is 15.9 Å². The van der Waals surface area contributed by atoms with Gasteiger partial charge in [0, 0.05) is 13.1 Å². The maximum atomic E-state index is 11.1. The van der Waals surface area contributed by atoms with Gasteiger partial charge in [-0.1, -0.05) is 0 Å². The highest BCUT2D eigenvalue weighted by atomic mass is 35.5. The molecule has 0 aliphatic carbocycles. The van der Waals surface area contributed by atoms with Crippen molar-refractivity contribution in [1.82, 2.24) is 9.62 Å². The van der Waals surface area contributed by atoms with Crippen molar-refractivity contribution in [3.8, 4) is 0 Å². The maximum absolute atomic E-state index is 11.1. The number of carbonyl (C=O) groups excluding carboxylic acids is 1. The summed E-state index contributed by atoms with van der Waals surface area (Å²) in [5, 5.41) is 2.05. The molecule has 1 N–H and O–H groups in total. The third kappa shape index (κ3) is 2.09. The molecule has 1 amide bonds. The van der Waals surface area contributed by atoms with E-state index in [4.69, 9.17) is 11.6 Å². The molecule has 1 saturated heterocycles. The Hall–Kier alpha value is -0.330. The molecule has 7 heteroatoms. The molecule has 0 saturated carbocycles. The summed E-state index contributed by atoms with van der Waals surface area (Å²) in [5.41, 5.74) is 0. The molecular formula is C5H9ClN2O3S. The molecule has 0 aromatic carbocycles. The van der Waals surface area contributed by atoms with Crippen molar-refractivity contribution in [3.05, 3.63) is 0 Å². The number of amides is 1. The molecule has 0 unspecified atom stereocenters. The van der Waals surface area contributed by atoms with Crippen molar-refractivity contribution >= 4 is 27.5 Å². The zero-order chi connectivity index (χ0) is 9.19. The number of halogens is 1. The summed E-state index contributed by atoms with van der Waals surface area (Å²) in [5.74, 6) is -0.282. The highest BCUT2D eigenvalue weighted by Crippen LogP contribution is 2.04. The van der Waals surface area contributed by atoms with Gasteiger partial charge < -0.3 is 5.32 Å². The quantitative estimate of drug-likeness (QED) is 0.594. The fourth-order valence-corrected chi connectivity index (χ4v) is 2.16. The average molecular weight is 213 g/mol. The van der Waals surface area contributed by atoms with Crippen LogP contribution in [0.3, 0.4) is 0 Å². The van der Waals surface area contributed by atoms with Gasteiger partial charge in [-0.05, 0) is 0 Å². The Bertz CT molecular complexity index is 276. The summed E-state index contributed by atoms with van der Waals surface area (Å²) in [4.78, 5) is 10.8. The van der Waals surface area contributed by atoms with Gasteiger partial charge in [-0.15, -0.1) is 11.6 Å². The van der Waals surface area contributed by atoms with Crippen LogP contribution in [0.15, 0.2) is 0 Å². The number of hydrogen-bond donors (Lipinski definition) is 1. The first-order valence-corrected chi connectivity index (χ1v) is 5.51. The molecule has 1 aliphatic rings. The molecule has 0 spiro atoms. The summed E-state index contributed by atoms with van der Waals surface area (Å²) in [6.07, 6.45) is 0. The van der Waals surface area contributed by atoms with Gasteiger partial charge in [0.05, 0.1) is 6.54 Å². The largest absolute Gasteiger partial charge is 0.354 e. The monoisotopic (exact) mass is 212 g/mol. The van der Waals surface area contributed by atoms with Crippen LogP contribution in [0.2, 0.25) is 0 Å². The number of alkyl halides is 1. The molecule has 12 heavy (non-hydrogen) atoms. The lowest BCUT2D eigenvalue weighted by molar-refractivity contribution is -0.122. The summed E-state index contributed by atoms with van der Waals surface area (Å²) in [7, 11) is -3.42. The number of carbonyl (C=O) groups is 1. The van der Waals surface area contributed by atoms with Crippen LogP contribution >= 0.6 is 11.6 Å². The first kappa shape index (κ1) is 9.76. The highest BCUT2D eigenvalue weighted by molar-refractivity contribution is 7.90. The minimum atomic E-state index is -3.42. The second kappa shape index (κ2) is 3.59. The van der Waals surface area contributed by atoms with E-state index in [1.165, 1.54) is 0 Å². The van der Waals surface area contributed by atoms with Crippen molar-refractivity contribution in [2.24, 2.45) is 0 Å². The van der Waals surface area contributed by atoms with Crippen LogP contribution in [0.4, 0.5) is 0 Å². The first-order chi connectivity index (χ1) is 5.56. The number of sulfonamides is 1. The Labute approximate surface area is 75.7 Å². The lowest BCUT2D eigenvalue weighted by atomic mass is 10.4. The van der Waals surface area contributed by atoms with Gasteiger partial charge in [0.15, 0.2) is 0 Å². The Kier molecular flexibility index (Phi) is 2.92. The van der Waals surface area contributed by atoms with E-state index in [1.54, 1.807) is 0 Å². The Morgan fingerprint density at radius 3 is 2.75 bits per heavy atom. The Balaban J connectivity index is 2.70. The Morgan fingerprint density at radius 1 is 1.58 bits per heavy atom. The second-order valence-corrected chi connectivity index (χ2v) is 4.96. The fourth-order valence-electron chi connectivity index (χ4n) is 0.922. The van der Waals surface area contributed by atoms with E-state index < -0.39 is 15.2 Å². The average Bonchev–Trinajstić information content (AvgIpc) is 2.05. The fraction of sp³-hybridized carbons (Fsp3) is 0.800. The predicted octanol–water partition coefficient (Wildman–Crippen LogP) is -1.06. The zero-order valence-corrected chi connectivity index (χ0v) is 7.86. The van der Waals surface area contributed by atoms with Crippen LogP contribution in [0.5, 0.6) is 0 Å². The van der Waals surface area contributed by atoms with Crippen LogP contribution in [0.1, 0.15) is 0 Å². The predicted molar refractivity (Wildman–Crippen MR) is 44.2 cm³/mol. The minimum absolute atomic E-state index is 0.116. The molecule has 5 nitrogen and oxygen atoms in total. The van der Waals surface area contributed by atoms with Crippen molar-refractivity contribution in [2.45, 2.75) is 0 Å². The summed E-state index contributed by atoms with van der Waals surface area (Å²) in [6.45, 7) is 0.546. The lowest BCUT2D eigenvalue weighted by Crippen LogP contribution is -2.50. The second-order valence-electron chi connectivity index (χ2n) is 2.40. The van der Waals surface area contributed by atoms with Crippen molar-refractivity contribution in [3.63, 3.8) is 0 Å². The van der Waals surface area contributed by atoms with Gasteiger partial charge in [0.25, 0.3) is 0 Å². The molecular weight excluding hydrogens is 204 g/mol.